The third-order valence-electron chi connectivity index (χ3n) is 6.35. The number of carbonyl (C=O) groups is 1. The number of nitrogen functional groups attached to an aromatic ring is 1. The summed E-state index contributed by atoms with van der Waals surface area (Å²) in [6.45, 7) is 3.73. The molecule has 9 heteroatoms. The molecule has 1 saturated heterocycles. The van der Waals surface area contributed by atoms with Crippen LogP contribution in [0.2, 0.25) is 0 Å². The molecule has 0 saturated carbocycles. The molecule has 0 amide bonds. The Balaban J connectivity index is 1.71. The molecule has 1 aliphatic heterocycles. The molecule has 2 aromatic carbocycles. The Morgan fingerprint density at radius 1 is 1.30 bits per heavy atom. The van der Waals surface area contributed by atoms with Crippen LogP contribution in [0.5, 0.6) is 5.75 Å². The van der Waals surface area contributed by atoms with Crippen LogP contribution in [0.15, 0.2) is 36.5 Å². The maximum Gasteiger partial charge on any atom is 0.337 e. The number of nitrogens with zero attached hydrogens (tertiary/aromatic N) is 2. The zero-order valence-corrected chi connectivity index (χ0v) is 18.6. The average Bonchev–Trinajstić information content (AvgIpc) is 3.26. The number of benzene rings is 2. The second-order valence-electron chi connectivity index (χ2n) is 8.43. The first-order chi connectivity index (χ1) is 15.8. The number of alkyl halides is 2. The lowest BCUT2D eigenvalue weighted by Gasteiger charge is -2.42. The van der Waals surface area contributed by atoms with Gasteiger partial charge in [-0.2, -0.15) is 0 Å². The molecule has 0 radical (unpaired) electrons. The van der Waals surface area contributed by atoms with Crippen LogP contribution in [0, 0.1) is 6.92 Å². The number of hydrogen-bond donors (Lipinski definition) is 3. The Labute approximate surface area is 190 Å². The quantitative estimate of drug-likeness (QED) is 0.465. The molecule has 0 unspecified atom stereocenters. The molecule has 4 rings (SSSR count). The molecule has 1 aliphatic rings. The number of H-pyrrole nitrogens is 1. The van der Waals surface area contributed by atoms with Crippen molar-refractivity contribution < 1.29 is 23.4 Å². The summed E-state index contributed by atoms with van der Waals surface area (Å²) >= 11 is 0. The standard InChI is InChI=1S/C24H28F2N4O3/c1-14-9-21(33-2)18(16-5-6-28-23(14)16)11-30-8-7-29(13-22(25)26)12-20(30)15-3-4-17(24(31)32)19(27)10-15/h3-6,9-10,20,22,28H,7-8,11-13,27H2,1-2H3,(H,31,32)/t20-/m1/s1. The van der Waals surface area contributed by atoms with Crippen molar-refractivity contribution in [1.29, 1.82) is 0 Å². The first kappa shape index (κ1) is 23.0. The monoisotopic (exact) mass is 458 g/mol. The second kappa shape index (κ2) is 9.36. The topological polar surface area (TPSA) is 94.8 Å². The van der Waals surface area contributed by atoms with E-state index in [1.54, 1.807) is 24.1 Å². The van der Waals surface area contributed by atoms with E-state index in [1.165, 1.54) is 6.07 Å². The smallest absolute Gasteiger partial charge is 0.337 e. The number of nitrogens with two attached hydrogens (primary N) is 1. The van der Waals surface area contributed by atoms with Crippen LogP contribution in [0.3, 0.4) is 0 Å². The van der Waals surface area contributed by atoms with Gasteiger partial charge < -0.3 is 20.6 Å². The van der Waals surface area contributed by atoms with E-state index in [-0.39, 0.29) is 23.8 Å². The molecular formula is C24H28F2N4O3. The predicted molar refractivity (Wildman–Crippen MR) is 123 cm³/mol. The fourth-order valence-corrected chi connectivity index (χ4v) is 4.71. The van der Waals surface area contributed by atoms with E-state index in [2.05, 4.69) is 9.88 Å². The maximum atomic E-state index is 13.1. The number of ether oxygens (including phenoxy) is 1. The minimum absolute atomic E-state index is 0.0276. The largest absolute Gasteiger partial charge is 0.496 e. The number of carboxylic acids is 1. The van der Waals surface area contributed by atoms with E-state index < -0.39 is 12.4 Å². The number of aryl methyl sites for hydroxylation is 1. The van der Waals surface area contributed by atoms with Gasteiger partial charge in [0.25, 0.3) is 6.43 Å². The minimum Gasteiger partial charge on any atom is -0.496 e. The van der Waals surface area contributed by atoms with Crippen LogP contribution in [0.4, 0.5) is 14.5 Å². The number of aromatic carboxylic acids is 1. The minimum atomic E-state index is -2.42. The second-order valence-corrected chi connectivity index (χ2v) is 8.43. The number of fused-ring (bicyclic) bond motifs is 1. The molecule has 33 heavy (non-hydrogen) atoms. The van der Waals surface area contributed by atoms with Crippen molar-refractivity contribution in [2.75, 3.05) is 39.0 Å². The molecule has 1 atom stereocenters. The molecular weight excluding hydrogens is 430 g/mol. The van der Waals surface area contributed by atoms with Crippen LogP contribution >= 0.6 is 0 Å². The van der Waals surface area contributed by atoms with Crippen molar-refractivity contribution in [3.63, 3.8) is 0 Å². The summed E-state index contributed by atoms with van der Waals surface area (Å²) < 4.78 is 31.9. The highest BCUT2D eigenvalue weighted by molar-refractivity contribution is 5.93. The van der Waals surface area contributed by atoms with Crippen LogP contribution in [-0.2, 0) is 6.54 Å². The number of anilines is 1. The number of rotatable bonds is 7. The highest BCUT2D eigenvalue weighted by Crippen LogP contribution is 2.35. The van der Waals surface area contributed by atoms with Crippen molar-refractivity contribution in [1.82, 2.24) is 14.8 Å². The Morgan fingerprint density at radius 3 is 2.76 bits per heavy atom. The molecule has 1 aromatic heterocycles. The lowest BCUT2D eigenvalue weighted by Crippen LogP contribution is -2.49. The van der Waals surface area contributed by atoms with E-state index in [4.69, 9.17) is 10.5 Å². The molecule has 2 heterocycles. The predicted octanol–water partition coefficient (Wildman–Crippen LogP) is 3.89. The van der Waals surface area contributed by atoms with Crippen LogP contribution in [0.25, 0.3) is 10.9 Å². The van der Waals surface area contributed by atoms with E-state index in [9.17, 15) is 18.7 Å². The average molecular weight is 459 g/mol. The van der Waals surface area contributed by atoms with Crippen molar-refractivity contribution in [2.24, 2.45) is 0 Å². The number of piperazine rings is 1. The third-order valence-corrected chi connectivity index (χ3v) is 6.35. The first-order valence-corrected chi connectivity index (χ1v) is 10.8. The van der Waals surface area contributed by atoms with Gasteiger partial charge >= 0.3 is 5.97 Å². The Morgan fingerprint density at radius 2 is 2.09 bits per heavy atom. The van der Waals surface area contributed by atoms with Gasteiger partial charge in [0, 0.05) is 60.6 Å². The summed E-state index contributed by atoms with van der Waals surface area (Å²) in [6.07, 6.45) is -0.530. The third kappa shape index (κ3) is 4.65. The summed E-state index contributed by atoms with van der Waals surface area (Å²) in [6, 6.07) is 8.63. The number of halogens is 2. The SMILES string of the molecule is COc1cc(C)c2[nH]ccc2c1CN1CCN(CC(F)F)C[C@@H]1c1ccc(C(=O)O)c(N)c1. The van der Waals surface area contributed by atoms with Crippen LogP contribution in [-0.4, -0.2) is 65.6 Å². The Kier molecular flexibility index (Phi) is 6.53. The fourth-order valence-electron chi connectivity index (χ4n) is 4.71. The summed E-state index contributed by atoms with van der Waals surface area (Å²) in [5.41, 5.74) is 10.1. The summed E-state index contributed by atoms with van der Waals surface area (Å²) in [4.78, 5) is 18.6. The maximum absolute atomic E-state index is 13.1. The molecule has 3 aromatic rings. The van der Waals surface area contributed by atoms with Crippen molar-refractivity contribution in [3.05, 3.63) is 58.8 Å². The normalized spacial score (nSPS) is 17.7. The van der Waals surface area contributed by atoms with E-state index >= 15 is 0 Å². The van der Waals surface area contributed by atoms with E-state index in [1.807, 2.05) is 25.3 Å². The van der Waals surface area contributed by atoms with Gasteiger partial charge in [0.15, 0.2) is 0 Å². The molecule has 0 aliphatic carbocycles. The molecule has 7 nitrogen and oxygen atoms in total. The van der Waals surface area contributed by atoms with Crippen molar-refractivity contribution in [2.45, 2.75) is 25.9 Å². The van der Waals surface area contributed by atoms with Gasteiger partial charge in [-0.3, -0.25) is 9.80 Å². The van der Waals surface area contributed by atoms with Gasteiger partial charge in [0.1, 0.15) is 5.75 Å². The molecule has 0 bridgehead atoms. The first-order valence-electron chi connectivity index (χ1n) is 10.8. The van der Waals surface area contributed by atoms with Gasteiger partial charge in [-0.05, 0) is 42.3 Å². The van der Waals surface area contributed by atoms with Gasteiger partial charge in [0.05, 0.1) is 19.2 Å². The molecule has 4 N–H and O–H groups in total. The number of hydrogen-bond acceptors (Lipinski definition) is 5. The summed E-state index contributed by atoms with van der Waals surface area (Å²) in [5.74, 6) is -0.327. The molecule has 1 fully saturated rings. The van der Waals surface area contributed by atoms with Gasteiger partial charge in [-0.15, -0.1) is 0 Å². The van der Waals surface area contributed by atoms with Crippen LogP contribution < -0.4 is 10.5 Å². The Hall–Kier alpha value is -3.17. The molecule has 0 spiro atoms. The molecule has 176 valence electrons. The number of carboxylic acid groups (broad SMARTS) is 1. The lowest BCUT2D eigenvalue weighted by molar-refractivity contribution is 0.0246. The fraction of sp³-hybridized carbons (Fsp3) is 0.375. The van der Waals surface area contributed by atoms with Gasteiger partial charge in [0.2, 0.25) is 0 Å². The summed E-state index contributed by atoms with van der Waals surface area (Å²) in [5, 5.41) is 10.4. The number of aromatic nitrogens is 1. The van der Waals surface area contributed by atoms with E-state index in [0.717, 1.165) is 33.3 Å². The van der Waals surface area contributed by atoms with Crippen molar-refractivity contribution in [3.8, 4) is 5.75 Å². The van der Waals surface area contributed by atoms with E-state index in [0.29, 0.717) is 26.2 Å². The van der Waals surface area contributed by atoms with Crippen molar-refractivity contribution >= 4 is 22.6 Å². The van der Waals surface area contributed by atoms with Gasteiger partial charge in [-0.1, -0.05) is 6.07 Å². The zero-order valence-electron chi connectivity index (χ0n) is 18.6. The zero-order chi connectivity index (χ0) is 23.7. The highest BCUT2D eigenvalue weighted by Gasteiger charge is 2.31. The summed E-state index contributed by atoms with van der Waals surface area (Å²) in [7, 11) is 1.64. The number of aromatic amines is 1. The lowest BCUT2D eigenvalue weighted by atomic mass is 9.97. The van der Waals surface area contributed by atoms with Crippen LogP contribution in [0.1, 0.15) is 33.1 Å². The Bertz CT molecular complexity index is 1160. The highest BCUT2D eigenvalue weighted by atomic mass is 19.3. The number of methoxy groups -OCH3 is 1. The number of nitrogens with one attached hydrogen (secondary N) is 1. The van der Waals surface area contributed by atoms with Gasteiger partial charge in [-0.25, -0.2) is 13.6 Å².